The van der Waals surface area contributed by atoms with E-state index >= 15 is 0 Å². The van der Waals surface area contributed by atoms with Gasteiger partial charge >= 0.3 is 0 Å². The van der Waals surface area contributed by atoms with Crippen molar-refractivity contribution in [2.45, 2.75) is 32.2 Å². The molecule has 0 bridgehead atoms. The fourth-order valence-corrected chi connectivity index (χ4v) is 2.70. The Morgan fingerprint density at radius 3 is 2.85 bits per heavy atom. The molecule has 114 valence electrons. The zero-order valence-corrected chi connectivity index (χ0v) is 13.3. The highest BCUT2D eigenvalue weighted by molar-refractivity contribution is 5.85. The Balaban J connectivity index is 0.00000180. The summed E-state index contributed by atoms with van der Waals surface area (Å²) in [6, 6.07) is 3.87. The van der Waals surface area contributed by atoms with Crippen LogP contribution in [0, 0.1) is 11.8 Å². The molecule has 1 heterocycles. The van der Waals surface area contributed by atoms with E-state index in [-0.39, 0.29) is 42.7 Å². The molecule has 0 aromatic carbocycles. The van der Waals surface area contributed by atoms with Gasteiger partial charge in [0.15, 0.2) is 0 Å². The van der Waals surface area contributed by atoms with Crippen molar-refractivity contribution in [3.63, 3.8) is 0 Å². The average molecular weight is 320 g/mol. The Morgan fingerprint density at radius 1 is 1.50 bits per heavy atom. The molecule has 0 radical (unpaired) electrons. The van der Waals surface area contributed by atoms with Crippen LogP contribution in [0.3, 0.4) is 0 Å². The van der Waals surface area contributed by atoms with Gasteiger partial charge < -0.3 is 11.1 Å². The normalized spacial score (nSPS) is 22.3. The summed E-state index contributed by atoms with van der Waals surface area (Å²) >= 11 is 0. The molecule has 0 saturated heterocycles. The molecule has 0 spiro atoms. The lowest BCUT2D eigenvalue weighted by atomic mass is 9.95. The van der Waals surface area contributed by atoms with E-state index in [9.17, 15) is 4.79 Å². The van der Waals surface area contributed by atoms with E-state index in [0.717, 1.165) is 24.8 Å². The average Bonchev–Trinajstić information content (AvgIpc) is 2.88. The molecule has 1 saturated carbocycles. The maximum atomic E-state index is 12.2. The van der Waals surface area contributed by atoms with Gasteiger partial charge in [0.05, 0.1) is 6.04 Å². The van der Waals surface area contributed by atoms with Crippen molar-refractivity contribution in [1.82, 2.24) is 10.3 Å². The van der Waals surface area contributed by atoms with Crippen molar-refractivity contribution in [3.8, 4) is 0 Å². The smallest absolute Gasteiger partial charge is 0.223 e. The van der Waals surface area contributed by atoms with Gasteiger partial charge in [0, 0.05) is 18.3 Å². The van der Waals surface area contributed by atoms with Gasteiger partial charge in [-0.25, -0.2) is 0 Å². The number of hydrogen-bond donors (Lipinski definition) is 2. The predicted molar refractivity (Wildman–Crippen MR) is 85.2 cm³/mol. The summed E-state index contributed by atoms with van der Waals surface area (Å²) in [6.07, 6.45) is 6.68. The molecule has 4 nitrogen and oxygen atoms in total. The van der Waals surface area contributed by atoms with Crippen LogP contribution >= 0.6 is 24.8 Å². The highest BCUT2D eigenvalue weighted by Crippen LogP contribution is 2.31. The fraction of sp³-hybridized carbons (Fsp3) is 0.571. The third kappa shape index (κ3) is 4.62. The van der Waals surface area contributed by atoms with Crippen LogP contribution in [0.15, 0.2) is 24.5 Å². The molecule has 0 unspecified atom stereocenters. The van der Waals surface area contributed by atoms with Crippen LogP contribution < -0.4 is 11.1 Å². The number of nitrogens with two attached hydrogens (primary N) is 1. The van der Waals surface area contributed by atoms with Crippen molar-refractivity contribution < 1.29 is 4.79 Å². The monoisotopic (exact) mass is 319 g/mol. The quantitative estimate of drug-likeness (QED) is 0.895. The van der Waals surface area contributed by atoms with E-state index < -0.39 is 0 Å². The molecule has 2 rings (SSSR count). The highest BCUT2D eigenvalue weighted by Gasteiger charge is 2.32. The van der Waals surface area contributed by atoms with E-state index in [1.807, 2.05) is 19.1 Å². The van der Waals surface area contributed by atoms with Crippen LogP contribution in [0.1, 0.15) is 37.8 Å². The Hall–Kier alpha value is -0.840. The molecular weight excluding hydrogens is 297 g/mol. The maximum absolute atomic E-state index is 12.2. The Bertz CT molecular complexity index is 403. The van der Waals surface area contributed by atoms with Gasteiger partial charge in [-0.3, -0.25) is 9.78 Å². The summed E-state index contributed by atoms with van der Waals surface area (Å²) in [7, 11) is 0. The minimum atomic E-state index is 0. The molecule has 1 amide bonds. The number of pyridine rings is 1. The first-order valence-electron chi connectivity index (χ1n) is 6.62. The summed E-state index contributed by atoms with van der Waals surface area (Å²) in [5.41, 5.74) is 6.75. The second-order valence-electron chi connectivity index (χ2n) is 5.05. The molecule has 3 atom stereocenters. The molecule has 1 aliphatic carbocycles. The lowest BCUT2D eigenvalue weighted by Crippen LogP contribution is -2.36. The van der Waals surface area contributed by atoms with Crippen LogP contribution in [0.4, 0.5) is 0 Å². The van der Waals surface area contributed by atoms with Gasteiger partial charge in [0.25, 0.3) is 0 Å². The Labute approximate surface area is 132 Å². The van der Waals surface area contributed by atoms with Gasteiger partial charge in [0.1, 0.15) is 0 Å². The van der Waals surface area contributed by atoms with Crippen molar-refractivity contribution >= 4 is 30.7 Å². The highest BCUT2D eigenvalue weighted by atomic mass is 35.5. The van der Waals surface area contributed by atoms with Gasteiger partial charge in [-0.05, 0) is 43.9 Å². The van der Waals surface area contributed by atoms with Crippen LogP contribution in [-0.2, 0) is 4.79 Å². The van der Waals surface area contributed by atoms with Crippen molar-refractivity contribution in [3.05, 3.63) is 30.1 Å². The molecule has 0 aliphatic heterocycles. The number of nitrogens with one attached hydrogen (secondary N) is 1. The van der Waals surface area contributed by atoms with Gasteiger partial charge in [-0.15, -0.1) is 24.8 Å². The molecule has 3 N–H and O–H groups in total. The van der Waals surface area contributed by atoms with Crippen molar-refractivity contribution in [2.75, 3.05) is 6.54 Å². The number of rotatable bonds is 4. The lowest BCUT2D eigenvalue weighted by Gasteiger charge is -2.21. The molecule has 6 heteroatoms. The Kier molecular flexibility index (Phi) is 8.78. The van der Waals surface area contributed by atoms with E-state index in [1.165, 1.54) is 0 Å². The van der Waals surface area contributed by atoms with E-state index in [2.05, 4.69) is 10.3 Å². The lowest BCUT2D eigenvalue weighted by molar-refractivity contribution is -0.126. The molecule has 20 heavy (non-hydrogen) atoms. The van der Waals surface area contributed by atoms with Crippen molar-refractivity contribution in [1.29, 1.82) is 0 Å². The van der Waals surface area contributed by atoms with Gasteiger partial charge in [-0.1, -0.05) is 12.5 Å². The largest absolute Gasteiger partial charge is 0.349 e. The minimum Gasteiger partial charge on any atom is -0.349 e. The number of amides is 1. The number of nitrogens with zero attached hydrogens (tertiary/aromatic N) is 1. The predicted octanol–water partition coefficient (Wildman–Crippen LogP) is 2.48. The second-order valence-corrected chi connectivity index (χ2v) is 5.05. The van der Waals surface area contributed by atoms with Gasteiger partial charge in [0.2, 0.25) is 5.91 Å². The first-order chi connectivity index (χ1) is 8.72. The molecule has 1 aromatic heterocycles. The van der Waals surface area contributed by atoms with E-state index in [4.69, 9.17) is 5.73 Å². The summed E-state index contributed by atoms with van der Waals surface area (Å²) in [4.78, 5) is 16.3. The summed E-state index contributed by atoms with van der Waals surface area (Å²) in [5, 5.41) is 3.07. The standard InChI is InChI=1S/C14H21N3O.2ClH/c1-10(12-5-3-7-16-9-12)17-14(18)13-6-2-4-11(13)8-15;;/h3,5,7,9-11,13H,2,4,6,8,15H2,1H3,(H,17,18);2*1H/t10-,11+,13+;;/m0../s1. The SMILES string of the molecule is C[C@H](NC(=O)[C@@H]1CCC[C@@H]1CN)c1cccnc1.Cl.Cl. The number of carbonyl (C=O) groups is 1. The van der Waals surface area contributed by atoms with E-state index in [0.29, 0.717) is 12.5 Å². The third-order valence-electron chi connectivity index (χ3n) is 3.84. The zero-order valence-electron chi connectivity index (χ0n) is 11.6. The first kappa shape index (κ1) is 19.2. The van der Waals surface area contributed by atoms with Crippen molar-refractivity contribution in [2.24, 2.45) is 17.6 Å². The number of halogens is 2. The molecular formula is C14H23Cl2N3O. The number of hydrogen-bond acceptors (Lipinski definition) is 3. The maximum Gasteiger partial charge on any atom is 0.223 e. The topological polar surface area (TPSA) is 68.0 Å². The van der Waals surface area contributed by atoms with Crippen LogP contribution in [0.25, 0.3) is 0 Å². The molecule has 1 fully saturated rings. The minimum absolute atomic E-state index is 0. The number of aromatic nitrogens is 1. The van der Waals surface area contributed by atoms with Crippen LogP contribution in [0.2, 0.25) is 0 Å². The Morgan fingerprint density at radius 2 is 2.25 bits per heavy atom. The van der Waals surface area contributed by atoms with Crippen LogP contribution in [0.5, 0.6) is 0 Å². The summed E-state index contributed by atoms with van der Waals surface area (Å²) in [6.45, 7) is 2.60. The van der Waals surface area contributed by atoms with Crippen LogP contribution in [-0.4, -0.2) is 17.4 Å². The number of carbonyl (C=O) groups excluding carboxylic acids is 1. The van der Waals surface area contributed by atoms with E-state index in [1.54, 1.807) is 12.4 Å². The van der Waals surface area contributed by atoms with Gasteiger partial charge in [-0.2, -0.15) is 0 Å². The molecule has 1 aromatic rings. The first-order valence-corrected chi connectivity index (χ1v) is 6.62. The zero-order chi connectivity index (χ0) is 13.0. The third-order valence-corrected chi connectivity index (χ3v) is 3.84. The summed E-state index contributed by atoms with van der Waals surface area (Å²) < 4.78 is 0. The second kappa shape index (κ2) is 9.16. The fourth-order valence-electron chi connectivity index (χ4n) is 2.70. The molecule has 1 aliphatic rings. The summed E-state index contributed by atoms with van der Waals surface area (Å²) in [5.74, 6) is 0.583.